The Balaban J connectivity index is 1.75. The Morgan fingerprint density at radius 3 is 2.36 bits per heavy atom. The highest BCUT2D eigenvalue weighted by Gasteiger charge is 2.30. The normalized spacial score (nSPS) is 12.6. The highest BCUT2D eigenvalue weighted by molar-refractivity contribution is 6.30. The summed E-state index contributed by atoms with van der Waals surface area (Å²) in [4.78, 5) is 16.3. The highest BCUT2D eigenvalue weighted by atomic mass is 35.5. The van der Waals surface area contributed by atoms with Gasteiger partial charge in [-0.1, -0.05) is 28.9 Å². The van der Waals surface area contributed by atoms with Crippen molar-refractivity contribution >= 4 is 17.5 Å². The van der Waals surface area contributed by atoms with Crippen LogP contribution in [0.25, 0.3) is 11.4 Å². The Morgan fingerprint density at radius 1 is 1.14 bits per heavy atom. The van der Waals surface area contributed by atoms with Crippen LogP contribution >= 0.6 is 11.6 Å². The molecule has 0 aliphatic carbocycles. The fourth-order valence-corrected chi connectivity index (χ4v) is 2.46. The number of nitrogens with one attached hydrogen (secondary N) is 1. The molecule has 6 nitrogen and oxygen atoms in total. The number of hydrogen-bond acceptors (Lipinski definition) is 5. The zero-order chi connectivity index (χ0) is 20.3. The molecule has 0 spiro atoms. The van der Waals surface area contributed by atoms with Crippen LogP contribution in [0.1, 0.15) is 27.9 Å². The van der Waals surface area contributed by atoms with Gasteiger partial charge in [0.1, 0.15) is 6.04 Å². The van der Waals surface area contributed by atoms with Gasteiger partial charge in [-0.15, -0.1) is 0 Å². The van der Waals surface area contributed by atoms with Gasteiger partial charge < -0.3 is 14.9 Å². The number of nitrogens with zero attached hydrogens (tertiary/aromatic N) is 2. The predicted octanol–water partition coefficient (Wildman–Crippen LogP) is 3.87. The van der Waals surface area contributed by atoms with Crippen molar-refractivity contribution in [2.45, 2.75) is 12.2 Å². The van der Waals surface area contributed by atoms with Gasteiger partial charge in [-0.3, -0.25) is 4.79 Å². The zero-order valence-electron chi connectivity index (χ0n) is 14.1. The molecule has 3 rings (SSSR count). The third-order valence-corrected chi connectivity index (χ3v) is 4.06. The molecule has 0 aliphatic rings. The summed E-state index contributed by atoms with van der Waals surface area (Å²) in [6, 6.07) is 9.32. The number of aliphatic hydroxyl groups is 1. The van der Waals surface area contributed by atoms with Crippen molar-refractivity contribution < 1.29 is 27.6 Å². The molecule has 0 aliphatic heterocycles. The Hall–Kier alpha value is -2.91. The summed E-state index contributed by atoms with van der Waals surface area (Å²) in [6.45, 7) is -0.520. The van der Waals surface area contributed by atoms with E-state index in [2.05, 4.69) is 15.5 Å². The molecule has 146 valence electrons. The lowest BCUT2D eigenvalue weighted by molar-refractivity contribution is -0.137. The van der Waals surface area contributed by atoms with Crippen LogP contribution in [0.5, 0.6) is 0 Å². The Morgan fingerprint density at radius 2 is 1.79 bits per heavy atom. The second-order valence-corrected chi connectivity index (χ2v) is 6.18. The van der Waals surface area contributed by atoms with Crippen LogP contribution in [0.3, 0.4) is 0 Å². The maximum atomic E-state index is 12.6. The van der Waals surface area contributed by atoms with Crippen LogP contribution in [0.4, 0.5) is 13.2 Å². The first-order valence-corrected chi connectivity index (χ1v) is 8.34. The van der Waals surface area contributed by atoms with E-state index in [1.54, 1.807) is 12.1 Å². The number of aromatic nitrogens is 2. The summed E-state index contributed by atoms with van der Waals surface area (Å²) in [6.07, 6.45) is -4.45. The summed E-state index contributed by atoms with van der Waals surface area (Å²) in [5, 5.41) is 16.2. The fourth-order valence-electron chi connectivity index (χ4n) is 2.33. The first-order chi connectivity index (χ1) is 13.3. The number of carbonyl (C=O) groups excluding carboxylic acids is 1. The van der Waals surface area contributed by atoms with Crippen molar-refractivity contribution in [3.8, 4) is 11.4 Å². The molecule has 1 aromatic heterocycles. The van der Waals surface area contributed by atoms with Crippen LogP contribution in [0, 0.1) is 0 Å². The van der Waals surface area contributed by atoms with Gasteiger partial charge in [0.05, 0.1) is 12.2 Å². The Labute approximate surface area is 161 Å². The second kappa shape index (κ2) is 7.99. The van der Waals surface area contributed by atoms with Gasteiger partial charge in [0.25, 0.3) is 11.8 Å². The largest absolute Gasteiger partial charge is 0.416 e. The standard InChI is InChI=1S/C18H13ClF3N3O3/c19-13-7-3-11(4-8-13)16(27)23-14(9-26)17-24-15(25-28-17)10-1-5-12(6-2-10)18(20,21)22/h1-8,14,26H,9H2,(H,23,27)/t14-/m1/s1. The summed E-state index contributed by atoms with van der Waals surface area (Å²) in [7, 11) is 0. The van der Waals surface area contributed by atoms with E-state index >= 15 is 0 Å². The topological polar surface area (TPSA) is 88.2 Å². The van der Waals surface area contributed by atoms with Crippen LogP contribution in [0.15, 0.2) is 53.1 Å². The summed E-state index contributed by atoms with van der Waals surface area (Å²) in [5.74, 6) is -0.548. The summed E-state index contributed by atoms with van der Waals surface area (Å²) in [5.41, 5.74) is -0.197. The van der Waals surface area contributed by atoms with Crippen molar-refractivity contribution in [2.75, 3.05) is 6.61 Å². The molecule has 1 atom stereocenters. The van der Waals surface area contributed by atoms with Gasteiger partial charge in [0.15, 0.2) is 0 Å². The second-order valence-electron chi connectivity index (χ2n) is 5.75. The minimum atomic E-state index is -4.45. The molecule has 2 aromatic carbocycles. The third kappa shape index (κ3) is 4.49. The van der Waals surface area contributed by atoms with E-state index in [0.717, 1.165) is 12.1 Å². The molecule has 0 saturated heterocycles. The van der Waals surface area contributed by atoms with Crippen molar-refractivity contribution in [3.05, 3.63) is 70.6 Å². The van der Waals surface area contributed by atoms with Crippen molar-refractivity contribution in [1.29, 1.82) is 0 Å². The fraction of sp³-hybridized carbons (Fsp3) is 0.167. The van der Waals surface area contributed by atoms with Crippen LogP contribution in [-0.2, 0) is 6.18 Å². The first-order valence-electron chi connectivity index (χ1n) is 7.96. The van der Waals surface area contributed by atoms with Gasteiger partial charge in [-0.05, 0) is 36.4 Å². The SMILES string of the molecule is O=C(N[C@H](CO)c1nc(-c2ccc(C(F)(F)F)cc2)no1)c1ccc(Cl)cc1. The molecule has 0 bridgehead atoms. The molecular formula is C18H13ClF3N3O3. The highest BCUT2D eigenvalue weighted by Crippen LogP contribution is 2.30. The quantitative estimate of drug-likeness (QED) is 0.665. The number of benzene rings is 2. The smallest absolute Gasteiger partial charge is 0.394 e. The van der Waals surface area contributed by atoms with E-state index in [1.165, 1.54) is 24.3 Å². The lowest BCUT2D eigenvalue weighted by Crippen LogP contribution is -2.31. The van der Waals surface area contributed by atoms with Crippen LogP contribution in [0.2, 0.25) is 5.02 Å². The number of rotatable bonds is 5. The molecule has 28 heavy (non-hydrogen) atoms. The number of halogens is 4. The number of carbonyl (C=O) groups is 1. The molecule has 2 N–H and O–H groups in total. The summed E-state index contributed by atoms with van der Waals surface area (Å²) >= 11 is 5.77. The van der Waals surface area contributed by atoms with Gasteiger partial charge in [0.2, 0.25) is 5.82 Å². The summed E-state index contributed by atoms with van der Waals surface area (Å²) < 4.78 is 43.0. The van der Waals surface area contributed by atoms with E-state index in [1.807, 2.05) is 0 Å². The number of amides is 1. The zero-order valence-corrected chi connectivity index (χ0v) is 14.8. The molecule has 1 heterocycles. The first kappa shape index (κ1) is 19.8. The van der Waals surface area contributed by atoms with E-state index in [-0.39, 0.29) is 11.7 Å². The molecule has 1 amide bonds. The van der Waals surface area contributed by atoms with E-state index < -0.39 is 30.3 Å². The molecule has 3 aromatic rings. The number of hydrogen-bond donors (Lipinski definition) is 2. The maximum absolute atomic E-state index is 12.6. The molecule has 0 unspecified atom stereocenters. The molecule has 0 radical (unpaired) electrons. The van der Waals surface area contributed by atoms with Crippen molar-refractivity contribution in [1.82, 2.24) is 15.5 Å². The van der Waals surface area contributed by atoms with Crippen molar-refractivity contribution in [3.63, 3.8) is 0 Å². The van der Waals surface area contributed by atoms with Gasteiger partial charge in [0, 0.05) is 16.1 Å². The average Bonchev–Trinajstić information content (AvgIpc) is 3.16. The molecule has 0 fully saturated rings. The van der Waals surface area contributed by atoms with Crippen LogP contribution < -0.4 is 5.32 Å². The number of aliphatic hydroxyl groups excluding tert-OH is 1. The minimum Gasteiger partial charge on any atom is -0.394 e. The Bertz CT molecular complexity index is 957. The molecule has 10 heteroatoms. The third-order valence-electron chi connectivity index (χ3n) is 3.80. The van der Waals surface area contributed by atoms with Gasteiger partial charge >= 0.3 is 6.18 Å². The predicted molar refractivity (Wildman–Crippen MR) is 93.5 cm³/mol. The average molecular weight is 412 g/mol. The van der Waals surface area contributed by atoms with Crippen LogP contribution in [-0.4, -0.2) is 27.8 Å². The van der Waals surface area contributed by atoms with Crippen molar-refractivity contribution in [2.24, 2.45) is 0 Å². The van der Waals surface area contributed by atoms with Gasteiger partial charge in [-0.25, -0.2) is 0 Å². The van der Waals surface area contributed by atoms with E-state index in [0.29, 0.717) is 16.1 Å². The van der Waals surface area contributed by atoms with E-state index in [9.17, 15) is 23.1 Å². The van der Waals surface area contributed by atoms with Gasteiger partial charge in [-0.2, -0.15) is 18.2 Å². The monoisotopic (exact) mass is 411 g/mol. The molecule has 0 saturated carbocycles. The lowest BCUT2D eigenvalue weighted by atomic mass is 10.1. The van der Waals surface area contributed by atoms with E-state index in [4.69, 9.17) is 16.1 Å². The minimum absolute atomic E-state index is 0.0305. The number of alkyl halides is 3. The maximum Gasteiger partial charge on any atom is 0.416 e. The lowest BCUT2D eigenvalue weighted by Gasteiger charge is -2.12. The molecular weight excluding hydrogens is 399 g/mol. The Kier molecular flexibility index (Phi) is 5.66.